The maximum absolute atomic E-state index is 12.7. The highest BCUT2D eigenvalue weighted by Crippen LogP contribution is 2.25. The fourth-order valence-electron chi connectivity index (χ4n) is 2.93. The molecule has 0 aliphatic carbocycles. The van der Waals surface area contributed by atoms with Crippen molar-refractivity contribution in [3.05, 3.63) is 48.2 Å². The molecule has 23 heavy (non-hydrogen) atoms. The molecule has 1 aromatic carbocycles. The van der Waals surface area contributed by atoms with E-state index in [2.05, 4.69) is 10.2 Å². The Balaban J connectivity index is 1.72. The van der Waals surface area contributed by atoms with Crippen LogP contribution in [-0.4, -0.2) is 36.0 Å². The van der Waals surface area contributed by atoms with Gasteiger partial charge in [0.1, 0.15) is 5.82 Å². The van der Waals surface area contributed by atoms with Crippen LogP contribution in [0.15, 0.2) is 47.4 Å². The van der Waals surface area contributed by atoms with E-state index in [1.165, 1.54) is 0 Å². The van der Waals surface area contributed by atoms with Gasteiger partial charge in [-0.25, -0.2) is 8.42 Å². The van der Waals surface area contributed by atoms with Gasteiger partial charge in [-0.15, -0.1) is 5.10 Å². The van der Waals surface area contributed by atoms with Crippen molar-refractivity contribution in [3.63, 3.8) is 0 Å². The molecule has 2 heterocycles. The molecular formula is C16H20N4O2S. The Kier molecular flexibility index (Phi) is 4.58. The van der Waals surface area contributed by atoms with Gasteiger partial charge in [0, 0.05) is 13.1 Å². The van der Waals surface area contributed by atoms with E-state index in [0.717, 1.165) is 18.5 Å². The summed E-state index contributed by atoms with van der Waals surface area (Å²) in [5.41, 5.74) is 6.39. The van der Waals surface area contributed by atoms with Gasteiger partial charge in [0.25, 0.3) is 0 Å². The molecule has 122 valence electrons. The molecule has 1 unspecified atom stereocenters. The third kappa shape index (κ3) is 3.68. The summed E-state index contributed by atoms with van der Waals surface area (Å²) in [6.07, 6.45) is 2.57. The van der Waals surface area contributed by atoms with E-state index in [1.807, 2.05) is 12.1 Å². The minimum atomic E-state index is -3.42. The SMILES string of the molecule is Nc1ccc(CC2CCCN(S(=O)(=O)c3ccccc3)C2)nn1. The summed E-state index contributed by atoms with van der Waals surface area (Å²) in [5, 5.41) is 7.93. The molecule has 0 spiro atoms. The van der Waals surface area contributed by atoms with Gasteiger partial charge >= 0.3 is 0 Å². The number of nitrogens with zero attached hydrogens (tertiary/aromatic N) is 3. The summed E-state index contributed by atoms with van der Waals surface area (Å²) in [4.78, 5) is 0.355. The van der Waals surface area contributed by atoms with Crippen molar-refractivity contribution in [2.24, 2.45) is 5.92 Å². The Morgan fingerprint density at radius 1 is 1.13 bits per heavy atom. The van der Waals surface area contributed by atoms with E-state index in [0.29, 0.717) is 30.2 Å². The molecule has 6 nitrogen and oxygen atoms in total. The summed E-state index contributed by atoms with van der Waals surface area (Å²) in [6, 6.07) is 12.2. The van der Waals surface area contributed by atoms with Crippen LogP contribution in [0.1, 0.15) is 18.5 Å². The average molecular weight is 332 g/mol. The molecule has 2 N–H and O–H groups in total. The third-order valence-electron chi connectivity index (χ3n) is 4.10. The van der Waals surface area contributed by atoms with E-state index >= 15 is 0 Å². The minimum absolute atomic E-state index is 0.250. The molecule has 3 rings (SSSR count). The van der Waals surface area contributed by atoms with Gasteiger partial charge in [0.2, 0.25) is 10.0 Å². The van der Waals surface area contributed by atoms with Crippen LogP contribution < -0.4 is 5.73 Å². The monoisotopic (exact) mass is 332 g/mol. The molecular weight excluding hydrogens is 312 g/mol. The van der Waals surface area contributed by atoms with Gasteiger partial charge in [0.05, 0.1) is 10.6 Å². The van der Waals surface area contributed by atoms with E-state index in [1.54, 1.807) is 34.6 Å². The largest absolute Gasteiger partial charge is 0.382 e. The first-order valence-corrected chi connectivity index (χ1v) is 9.13. The Bertz CT molecular complexity index is 747. The van der Waals surface area contributed by atoms with E-state index < -0.39 is 10.0 Å². The maximum Gasteiger partial charge on any atom is 0.243 e. The van der Waals surface area contributed by atoms with Crippen LogP contribution in [0.5, 0.6) is 0 Å². The third-order valence-corrected chi connectivity index (χ3v) is 5.98. The molecule has 1 atom stereocenters. The minimum Gasteiger partial charge on any atom is -0.382 e. The van der Waals surface area contributed by atoms with Crippen LogP contribution in [0.2, 0.25) is 0 Å². The second-order valence-corrected chi connectivity index (χ2v) is 7.78. The van der Waals surface area contributed by atoms with E-state index in [9.17, 15) is 8.42 Å². The van der Waals surface area contributed by atoms with Crippen molar-refractivity contribution in [2.45, 2.75) is 24.2 Å². The van der Waals surface area contributed by atoms with Crippen LogP contribution >= 0.6 is 0 Å². The predicted molar refractivity (Wildman–Crippen MR) is 88.1 cm³/mol. The molecule has 0 amide bonds. The van der Waals surface area contributed by atoms with Crippen LogP contribution in [0.3, 0.4) is 0 Å². The normalized spacial score (nSPS) is 19.6. The molecule has 0 bridgehead atoms. The number of nitrogen functional groups attached to an aromatic ring is 1. The fourth-order valence-corrected chi connectivity index (χ4v) is 4.50. The molecule has 7 heteroatoms. The Morgan fingerprint density at radius 3 is 2.61 bits per heavy atom. The summed E-state index contributed by atoms with van der Waals surface area (Å²) >= 11 is 0. The van der Waals surface area contributed by atoms with Gasteiger partial charge in [0.15, 0.2) is 0 Å². The zero-order valence-electron chi connectivity index (χ0n) is 12.8. The van der Waals surface area contributed by atoms with Gasteiger partial charge < -0.3 is 5.73 Å². The number of nitrogens with two attached hydrogens (primary N) is 1. The van der Waals surface area contributed by atoms with Crippen LogP contribution in [-0.2, 0) is 16.4 Å². The fraction of sp³-hybridized carbons (Fsp3) is 0.375. The highest BCUT2D eigenvalue weighted by Gasteiger charge is 2.30. The number of hydrogen-bond donors (Lipinski definition) is 1. The lowest BCUT2D eigenvalue weighted by Gasteiger charge is -2.31. The zero-order chi connectivity index (χ0) is 16.3. The van der Waals surface area contributed by atoms with Crippen LogP contribution in [0, 0.1) is 5.92 Å². The summed E-state index contributed by atoms with van der Waals surface area (Å²) in [7, 11) is -3.42. The second kappa shape index (κ2) is 6.64. The maximum atomic E-state index is 12.7. The summed E-state index contributed by atoms with van der Waals surface area (Å²) in [5.74, 6) is 0.644. The zero-order valence-corrected chi connectivity index (χ0v) is 13.6. The van der Waals surface area contributed by atoms with E-state index in [-0.39, 0.29) is 5.92 Å². The topological polar surface area (TPSA) is 89.2 Å². The van der Waals surface area contributed by atoms with Gasteiger partial charge in [-0.3, -0.25) is 0 Å². The van der Waals surface area contributed by atoms with E-state index in [4.69, 9.17) is 5.73 Å². The lowest BCUT2D eigenvalue weighted by atomic mass is 9.94. The quantitative estimate of drug-likeness (QED) is 0.920. The summed E-state index contributed by atoms with van der Waals surface area (Å²) < 4.78 is 27.0. The average Bonchev–Trinajstić information content (AvgIpc) is 2.58. The highest BCUT2D eigenvalue weighted by atomic mass is 32.2. The van der Waals surface area contributed by atoms with Gasteiger partial charge in [-0.2, -0.15) is 9.40 Å². The highest BCUT2D eigenvalue weighted by molar-refractivity contribution is 7.89. The van der Waals surface area contributed by atoms with Crippen LogP contribution in [0.4, 0.5) is 5.82 Å². The predicted octanol–water partition coefficient (Wildman–Crippen LogP) is 1.70. The number of piperidine rings is 1. The number of rotatable bonds is 4. The van der Waals surface area contributed by atoms with Crippen molar-refractivity contribution in [1.82, 2.24) is 14.5 Å². The molecule has 1 aromatic heterocycles. The van der Waals surface area contributed by atoms with Crippen molar-refractivity contribution < 1.29 is 8.42 Å². The van der Waals surface area contributed by atoms with Crippen molar-refractivity contribution in [1.29, 1.82) is 0 Å². The Morgan fingerprint density at radius 2 is 1.91 bits per heavy atom. The first-order valence-electron chi connectivity index (χ1n) is 7.69. The number of sulfonamides is 1. The van der Waals surface area contributed by atoms with Crippen molar-refractivity contribution in [2.75, 3.05) is 18.8 Å². The Labute approximate surface area is 136 Å². The lowest BCUT2D eigenvalue weighted by molar-refractivity contribution is 0.264. The second-order valence-electron chi connectivity index (χ2n) is 5.84. The molecule has 0 saturated carbocycles. The first-order chi connectivity index (χ1) is 11.1. The van der Waals surface area contributed by atoms with Crippen LogP contribution in [0.25, 0.3) is 0 Å². The first kappa shape index (κ1) is 15.9. The Hall–Kier alpha value is -1.99. The molecule has 1 fully saturated rings. The van der Waals surface area contributed by atoms with Gasteiger partial charge in [-0.05, 0) is 49.4 Å². The lowest BCUT2D eigenvalue weighted by Crippen LogP contribution is -2.40. The number of hydrogen-bond acceptors (Lipinski definition) is 5. The van der Waals surface area contributed by atoms with Gasteiger partial charge in [-0.1, -0.05) is 18.2 Å². The molecule has 1 aliphatic heterocycles. The molecule has 1 aliphatic rings. The van der Waals surface area contributed by atoms with Crippen molar-refractivity contribution >= 4 is 15.8 Å². The molecule has 0 radical (unpaired) electrons. The standard InChI is InChI=1S/C16H20N4O2S/c17-16-9-8-14(18-19-16)11-13-5-4-10-20(12-13)23(21,22)15-6-2-1-3-7-15/h1-3,6-9,13H,4-5,10-12H2,(H2,17,19). The van der Waals surface area contributed by atoms with Crippen molar-refractivity contribution in [3.8, 4) is 0 Å². The summed E-state index contributed by atoms with van der Waals surface area (Å²) in [6.45, 7) is 1.09. The molecule has 1 saturated heterocycles. The smallest absolute Gasteiger partial charge is 0.243 e. The molecule has 2 aromatic rings. The number of aromatic nitrogens is 2. The number of anilines is 1. The number of benzene rings is 1.